The van der Waals surface area contributed by atoms with Gasteiger partial charge in [0, 0.05) is 12.1 Å². The fourth-order valence-corrected chi connectivity index (χ4v) is 3.36. The molecule has 23 heavy (non-hydrogen) atoms. The van der Waals surface area contributed by atoms with E-state index in [4.69, 9.17) is 5.11 Å². The predicted molar refractivity (Wildman–Crippen MR) is 93.5 cm³/mol. The maximum atomic E-state index is 12.6. The van der Waals surface area contributed by atoms with Crippen molar-refractivity contribution >= 4 is 34.9 Å². The molecule has 0 aromatic heterocycles. The minimum absolute atomic E-state index is 0.0350. The van der Waals surface area contributed by atoms with Crippen molar-refractivity contribution in [3.8, 4) is 0 Å². The Bertz CT molecular complexity index is 676. The number of aliphatic imine (C=N–C) groups is 1. The van der Waals surface area contributed by atoms with Crippen molar-refractivity contribution < 1.29 is 14.7 Å². The molecule has 1 saturated heterocycles. The fourth-order valence-electron chi connectivity index (χ4n) is 2.13. The summed E-state index contributed by atoms with van der Waals surface area (Å²) in [4.78, 5) is 30.3. The lowest BCUT2D eigenvalue weighted by Gasteiger charge is -2.20. The van der Waals surface area contributed by atoms with E-state index < -0.39 is 5.97 Å². The minimum Gasteiger partial charge on any atom is -0.478 e. The number of hydrogen-bond donors (Lipinski definition) is 1. The summed E-state index contributed by atoms with van der Waals surface area (Å²) in [6.07, 6.45) is 1.77. The molecule has 0 radical (unpaired) electrons. The first kappa shape index (κ1) is 17.3. The smallest absolute Gasteiger partial charge is 0.335 e. The SMILES string of the molecule is CC(C)N=C1SC(=Cc2ccc(C(=O)O)cc2)C(=O)N1C(C)C. The third kappa shape index (κ3) is 4.01. The molecular weight excluding hydrogens is 312 g/mol. The van der Waals surface area contributed by atoms with Gasteiger partial charge in [0.05, 0.1) is 10.5 Å². The largest absolute Gasteiger partial charge is 0.478 e. The molecule has 1 heterocycles. The number of aromatic carboxylic acids is 1. The van der Waals surface area contributed by atoms with Gasteiger partial charge in [0.25, 0.3) is 5.91 Å². The zero-order chi connectivity index (χ0) is 17.1. The average Bonchev–Trinajstić information content (AvgIpc) is 2.74. The van der Waals surface area contributed by atoms with Gasteiger partial charge in [-0.2, -0.15) is 0 Å². The molecule has 0 aliphatic carbocycles. The summed E-state index contributed by atoms with van der Waals surface area (Å²) in [6, 6.07) is 6.60. The van der Waals surface area contributed by atoms with Crippen molar-refractivity contribution in [1.29, 1.82) is 0 Å². The van der Waals surface area contributed by atoms with E-state index in [0.29, 0.717) is 10.1 Å². The number of hydrogen-bond acceptors (Lipinski definition) is 4. The molecule has 1 amide bonds. The molecule has 5 nitrogen and oxygen atoms in total. The molecule has 0 spiro atoms. The number of amides is 1. The zero-order valence-electron chi connectivity index (χ0n) is 13.6. The van der Waals surface area contributed by atoms with Crippen LogP contribution in [0.25, 0.3) is 6.08 Å². The van der Waals surface area contributed by atoms with Crippen molar-refractivity contribution in [3.63, 3.8) is 0 Å². The van der Waals surface area contributed by atoms with Crippen molar-refractivity contribution in [2.24, 2.45) is 4.99 Å². The third-order valence-corrected chi connectivity index (χ3v) is 4.17. The summed E-state index contributed by atoms with van der Waals surface area (Å²) in [5, 5.41) is 9.64. The van der Waals surface area contributed by atoms with Gasteiger partial charge in [-0.1, -0.05) is 12.1 Å². The Balaban J connectivity index is 2.32. The molecule has 2 rings (SSSR count). The summed E-state index contributed by atoms with van der Waals surface area (Å²) in [5.41, 5.74) is 1.02. The highest BCUT2D eigenvalue weighted by atomic mass is 32.2. The lowest BCUT2D eigenvalue weighted by atomic mass is 10.1. The van der Waals surface area contributed by atoms with Crippen LogP contribution in [0.2, 0.25) is 0 Å². The molecular formula is C17H20N2O3S. The van der Waals surface area contributed by atoms with Gasteiger partial charge >= 0.3 is 5.97 Å². The Morgan fingerprint density at radius 1 is 1.22 bits per heavy atom. The second kappa shape index (κ2) is 7.00. The number of carbonyl (C=O) groups is 2. The Labute approximate surface area is 140 Å². The number of nitrogens with zero attached hydrogens (tertiary/aromatic N) is 2. The lowest BCUT2D eigenvalue weighted by Crippen LogP contribution is -2.35. The van der Waals surface area contributed by atoms with Gasteiger partial charge in [-0.15, -0.1) is 0 Å². The number of carboxylic acid groups (broad SMARTS) is 1. The van der Waals surface area contributed by atoms with Crippen LogP contribution in [0.15, 0.2) is 34.2 Å². The van der Waals surface area contributed by atoms with Gasteiger partial charge in [-0.3, -0.25) is 14.7 Å². The van der Waals surface area contributed by atoms with E-state index >= 15 is 0 Å². The summed E-state index contributed by atoms with van der Waals surface area (Å²) in [6.45, 7) is 7.86. The highest BCUT2D eigenvalue weighted by molar-refractivity contribution is 8.18. The normalized spacial score (nSPS) is 18.7. The summed E-state index contributed by atoms with van der Waals surface area (Å²) < 4.78 is 0. The van der Waals surface area contributed by atoms with Crippen molar-refractivity contribution in [1.82, 2.24) is 4.90 Å². The summed E-state index contributed by atoms with van der Waals surface area (Å²) in [7, 11) is 0. The van der Waals surface area contributed by atoms with E-state index in [-0.39, 0.29) is 23.6 Å². The van der Waals surface area contributed by atoms with Crippen molar-refractivity contribution in [3.05, 3.63) is 40.3 Å². The van der Waals surface area contributed by atoms with Gasteiger partial charge in [-0.05, 0) is 63.2 Å². The highest BCUT2D eigenvalue weighted by Gasteiger charge is 2.35. The molecule has 0 unspecified atom stereocenters. The van der Waals surface area contributed by atoms with Crippen LogP contribution in [0.5, 0.6) is 0 Å². The molecule has 1 fully saturated rings. The average molecular weight is 332 g/mol. The van der Waals surface area contributed by atoms with Gasteiger partial charge in [0.15, 0.2) is 5.17 Å². The standard InChI is InChI=1S/C17H20N2O3S/c1-10(2)18-17-19(11(3)4)15(20)14(23-17)9-12-5-7-13(8-6-12)16(21)22/h5-11H,1-4H3,(H,21,22). The minimum atomic E-state index is -0.965. The van der Waals surface area contributed by atoms with E-state index in [9.17, 15) is 9.59 Å². The predicted octanol–water partition coefficient (Wildman–Crippen LogP) is 3.47. The van der Waals surface area contributed by atoms with Crippen LogP contribution >= 0.6 is 11.8 Å². The van der Waals surface area contributed by atoms with E-state index in [1.807, 2.05) is 27.7 Å². The van der Waals surface area contributed by atoms with Crippen LogP contribution in [0.4, 0.5) is 0 Å². The van der Waals surface area contributed by atoms with E-state index in [1.54, 1.807) is 23.1 Å². The molecule has 0 bridgehead atoms. The summed E-state index contributed by atoms with van der Waals surface area (Å²) >= 11 is 1.36. The second-order valence-electron chi connectivity index (χ2n) is 5.81. The molecule has 0 saturated carbocycles. The van der Waals surface area contributed by atoms with E-state index in [1.165, 1.54) is 23.9 Å². The van der Waals surface area contributed by atoms with Gasteiger partial charge < -0.3 is 5.11 Å². The third-order valence-electron chi connectivity index (χ3n) is 3.18. The molecule has 1 aromatic rings. The second-order valence-corrected chi connectivity index (χ2v) is 6.82. The summed E-state index contributed by atoms with van der Waals surface area (Å²) in [5.74, 6) is -1.03. The van der Waals surface area contributed by atoms with Gasteiger partial charge in [0.1, 0.15) is 0 Å². The van der Waals surface area contributed by atoms with Crippen molar-refractivity contribution in [2.45, 2.75) is 39.8 Å². The van der Waals surface area contributed by atoms with Gasteiger partial charge in [-0.25, -0.2) is 4.79 Å². The number of rotatable bonds is 4. The molecule has 1 aliphatic heterocycles. The Kier molecular flexibility index (Phi) is 5.26. The quantitative estimate of drug-likeness (QED) is 0.857. The van der Waals surface area contributed by atoms with Crippen LogP contribution in [0.1, 0.15) is 43.6 Å². The van der Waals surface area contributed by atoms with Gasteiger partial charge in [0.2, 0.25) is 0 Å². The van der Waals surface area contributed by atoms with Crippen LogP contribution in [-0.2, 0) is 4.79 Å². The number of carbonyl (C=O) groups excluding carboxylic acids is 1. The van der Waals surface area contributed by atoms with Crippen LogP contribution in [0, 0.1) is 0 Å². The zero-order valence-corrected chi connectivity index (χ0v) is 14.4. The number of amidine groups is 1. The Morgan fingerprint density at radius 3 is 2.30 bits per heavy atom. The molecule has 1 N–H and O–H groups in total. The number of carboxylic acids is 1. The highest BCUT2D eigenvalue weighted by Crippen LogP contribution is 2.34. The molecule has 0 atom stereocenters. The van der Waals surface area contributed by atoms with Crippen LogP contribution in [-0.4, -0.2) is 39.1 Å². The lowest BCUT2D eigenvalue weighted by molar-refractivity contribution is -0.123. The Hall–Kier alpha value is -2.08. The van der Waals surface area contributed by atoms with E-state index in [0.717, 1.165) is 5.56 Å². The van der Waals surface area contributed by atoms with E-state index in [2.05, 4.69) is 4.99 Å². The molecule has 6 heteroatoms. The first-order chi connectivity index (χ1) is 10.8. The molecule has 1 aliphatic rings. The fraction of sp³-hybridized carbons (Fsp3) is 0.353. The number of benzene rings is 1. The van der Waals surface area contributed by atoms with Crippen molar-refractivity contribution in [2.75, 3.05) is 0 Å². The topological polar surface area (TPSA) is 70.0 Å². The van der Waals surface area contributed by atoms with Crippen LogP contribution < -0.4 is 0 Å². The first-order valence-electron chi connectivity index (χ1n) is 7.44. The maximum absolute atomic E-state index is 12.6. The molecule has 122 valence electrons. The number of thioether (sulfide) groups is 1. The molecule has 1 aromatic carbocycles. The monoisotopic (exact) mass is 332 g/mol. The van der Waals surface area contributed by atoms with Crippen LogP contribution in [0.3, 0.4) is 0 Å². The Morgan fingerprint density at radius 2 is 1.83 bits per heavy atom. The first-order valence-corrected chi connectivity index (χ1v) is 8.25. The maximum Gasteiger partial charge on any atom is 0.335 e.